The van der Waals surface area contributed by atoms with Crippen LogP contribution in [0, 0.1) is 0 Å². The van der Waals surface area contributed by atoms with Crippen molar-refractivity contribution in [2.24, 2.45) is 0 Å². The molecular formula is C19H25NO. The van der Waals surface area contributed by atoms with Gasteiger partial charge in [0.2, 0.25) is 0 Å². The predicted octanol–water partition coefficient (Wildman–Crippen LogP) is 4.81. The molecule has 2 heteroatoms. The standard InChI is InChI=1S/C19H25NO/c1-4-5-14-20-15(2)16-10-12-17(13-11-16)18-8-6-7-9-19(18)21-3/h6-13,15,20H,4-5,14H2,1-3H3. The van der Waals surface area contributed by atoms with Crippen molar-refractivity contribution in [3.63, 3.8) is 0 Å². The number of hydrogen-bond donors (Lipinski definition) is 1. The van der Waals surface area contributed by atoms with E-state index in [1.54, 1.807) is 7.11 Å². The molecule has 1 atom stereocenters. The second-order valence-electron chi connectivity index (χ2n) is 5.35. The Balaban J connectivity index is 2.11. The van der Waals surface area contributed by atoms with Crippen LogP contribution in [-0.4, -0.2) is 13.7 Å². The fourth-order valence-corrected chi connectivity index (χ4v) is 2.45. The van der Waals surface area contributed by atoms with Crippen molar-refractivity contribution in [1.82, 2.24) is 5.32 Å². The number of para-hydroxylation sites is 1. The van der Waals surface area contributed by atoms with Crippen molar-refractivity contribution in [1.29, 1.82) is 0 Å². The van der Waals surface area contributed by atoms with Gasteiger partial charge in [-0.2, -0.15) is 0 Å². The van der Waals surface area contributed by atoms with E-state index in [-0.39, 0.29) is 0 Å². The van der Waals surface area contributed by atoms with Crippen molar-refractivity contribution in [2.45, 2.75) is 32.7 Å². The molecule has 2 rings (SSSR count). The van der Waals surface area contributed by atoms with Crippen LogP contribution < -0.4 is 10.1 Å². The lowest BCUT2D eigenvalue weighted by atomic mass is 10.0. The van der Waals surface area contributed by atoms with Crippen LogP contribution in [0.3, 0.4) is 0 Å². The summed E-state index contributed by atoms with van der Waals surface area (Å²) in [5.74, 6) is 0.916. The van der Waals surface area contributed by atoms with Gasteiger partial charge in [0.15, 0.2) is 0 Å². The second-order valence-corrected chi connectivity index (χ2v) is 5.35. The molecule has 0 aliphatic carbocycles. The third-order valence-corrected chi connectivity index (χ3v) is 3.81. The van der Waals surface area contributed by atoms with Gasteiger partial charge in [0.1, 0.15) is 5.75 Å². The summed E-state index contributed by atoms with van der Waals surface area (Å²) in [7, 11) is 1.72. The molecular weight excluding hydrogens is 258 g/mol. The Hall–Kier alpha value is -1.80. The summed E-state index contributed by atoms with van der Waals surface area (Å²) >= 11 is 0. The molecule has 1 unspecified atom stereocenters. The van der Waals surface area contributed by atoms with Gasteiger partial charge in [-0.05, 0) is 37.1 Å². The number of rotatable bonds is 7. The summed E-state index contributed by atoms with van der Waals surface area (Å²) in [6, 6.07) is 17.3. The largest absolute Gasteiger partial charge is 0.496 e. The maximum atomic E-state index is 5.43. The molecule has 0 spiro atoms. The number of hydrogen-bond acceptors (Lipinski definition) is 2. The minimum atomic E-state index is 0.392. The van der Waals surface area contributed by atoms with Crippen LogP contribution in [0.4, 0.5) is 0 Å². The molecule has 0 fully saturated rings. The first-order valence-corrected chi connectivity index (χ1v) is 7.73. The summed E-state index contributed by atoms with van der Waals surface area (Å²) < 4.78 is 5.43. The first-order valence-electron chi connectivity index (χ1n) is 7.73. The van der Waals surface area contributed by atoms with Crippen LogP contribution in [0.25, 0.3) is 11.1 Å². The van der Waals surface area contributed by atoms with Gasteiger partial charge in [-0.15, -0.1) is 0 Å². The molecule has 1 N–H and O–H groups in total. The van der Waals surface area contributed by atoms with Crippen LogP contribution in [0.5, 0.6) is 5.75 Å². The normalized spacial score (nSPS) is 12.1. The SMILES string of the molecule is CCCCNC(C)c1ccc(-c2ccccc2OC)cc1. The van der Waals surface area contributed by atoms with Crippen LogP contribution in [0.15, 0.2) is 48.5 Å². The summed E-state index contributed by atoms with van der Waals surface area (Å²) in [5, 5.41) is 3.56. The van der Waals surface area contributed by atoms with E-state index in [9.17, 15) is 0 Å². The van der Waals surface area contributed by atoms with Gasteiger partial charge in [0, 0.05) is 11.6 Å². The Morgan fingerprint density at radius 2 is 1.76 bits per heavy atom. The molecule has 0 saturated heterocycles. The zero-order valence-corrected chi connectivity index (χ0v) is 13.2. The maximum absolute atomic E-state index is 5.43. The number of ether oxygens (including phenoxy) is 1. The van der Waals surface area contributed by atoms with Gasteiger partial charge in [-0.25, -0.2) is 0 Å². The van der Waals surface area contributed by atoms with Crippen molar-refractivity contribution < 1.29 is 4.74 Å². The third kappa shape index (κ3) is 4.08. The van der Waals surface area contributed by atoms with E-state index in [1.807, 2.05) is 18.2 Å². The number of unbranched alkanes of at least 4 members (excludes halogenated alkanes) is 1. The molecule has 0 saturated carbocycles. The first-order chi connectivity index (χ1) is 10.3. The van der Waals surface area contributed by atoms with Gasteiger partial charge in [-0.1, -0.05) is 55.8 Å². The van der Waals surface area contributed by atoms with Crippen LogP contribution >= 0.6 is 0 Å². The lowest BCUT2D eigenvalue weighted by Gasteiger charge is -2.15. The monoisotopic (exact) mass is 283 g/mol. The number of methoxy groups -OCH3 is 1. The zero-order chi connectivity index (χ0) is 15.1. The Bertz CT molecular complexity index is 548. The quantitative estimate of drug-likeness (QED) is 0.736. The highest BCUT2D eigenvalue weighted by molar-refractivity contribution is 5.70. The molecule has 0 aliphatic heterocycles. The average Bonchev–Trinajstić information content (AvgIpc) is 2.55. The lowest BCUT2D eigenvalue weighted by Crippen LogP contribution is -2.19. The summed E-state index contributed by atoms with van der Waals surface area (Å²) in [6.07, 6.45) is 2.45. The van der Waals surface area contributed by atoms with Crippen molar-refractivity contribution >= 4 is 0 Å². The van der Waals surface area contributed by atoms with Gasteiger partial charge in [0.05, 0.1) is 7.11 Å². The van der Waals surface area contributed by atoms with E-state index in [0.717, 1.165) is 17.9 Å². The Labute approximate surface area is 128 Å². The fourth-order valence-electron chi connectivity index (χ4n) is 2.45. The highest BCUT2D eigenvalue weighted by atomic mass is 16.5. The summed E-state index contributed by atoms with van der Waals surface area (Å²) in [5.41, 5.74) is 3.65. The van der Waals surface area contributed by atoms with Crippen LogP contribution in [0.2, 0.25) is 0 Å². The molecule has 21 heavy (non-hydrogen) atoms. The van der Waals surface area contributed by atoms with E-state index in [2.05, 4.69) is 49.5 Å². The minimum absolute atomic E-state index is 0.392. The predicted molar refractivity (Wildman–Crippen MR) is 89.8 cm³/mol. The first kappa shape index (κ1) is 15.6. The molecule has 0 radical (unpaired) electrons. The topological polar surface area (TPSA) is 21.3 Å². The van der Waals surface area contributed by atoms with Crippen LogP contribution in [-0.2, 0) is 0 Å². The van der Waals surface area contributed by atoms with E-state index < -0.39 is 0 Å². The Morgan fingerprint density at radius 1 is 1.05 bits per heavy atom. The highest BCUT2D eigenvalue weighted by Crippen LogP contribution is 2.30. The second kappa shape index (κ2) is 7.84. The summed E-state index contributed by atoms with van der Waals surface area (Å²) in [6.45, 7) is 5.51. The van der Waals surface area contributed by atoms with E-state index >= 15 is 0 Å². The van der Waals surface area contributed by atoms with Gasteiger partial charge >= 0.3 is 0 Å². The average molecular weight is 283 g/mol. The molecule has 0 heterocycles. The van der Waals surface area contributed by atoms with Crippen LogP contribution in [0.1, 0.15) is 38.3 Å². The number of benzene rings is 2. The Morgan fingerprint density at radius 3 is 2.43 bits per heavy atom. The fraction of sp³-hybridized carbons (Fsp3) is 0.368. The molecule has 2 nitrogen and oxygen atoms in total. The Kier molecular flexibility index (Phi) is 5.82. The minimum Gasteiger partial charge on any atom is -0.496 e. The molecule has 0 amide bonds. The molecule has 0 aromatic heterocycles. The smallest absolute Gasteiger partial charge is 0.126 e. The molecule has 0 bridgehead atoms. The van der Waals surface area contributed by atoms with E-state index in [0.29, 0.717) is 6.04 Å². The third-order valence-electron chi connectivity index (χ3n) is 3.81. The molecule has 0 aliphatic rings. The van der Waals surface area contributed by atoms with Crippen molar-refractivity contribution in [3.8, 4) is 16.9 Å². The van der Waals surface area contributed by atoms with E-state index in [4.69, 9.17) is 4.74 Å². The van der Waals surface area contributed by atoms with E-state index in [1.165, 1.54) is 24.0 Å². The molecule has 112 valence electrons. The lowest BCUT2D eigenvalue weighted by molar-refractivity contribution is 0.416. The molecule has 2 aromatic rings. The molecule has 2 aromatic carbocycles. The highest BCUT2D eigenvalue weighted by Gasteiger charge is 2.07. The zero-order valence-electron chi connectivity index (χ0n) is 13.2. The van der Waals surface area contributed by atoms with Crippen molar-refractivity contribution in [3.05, 3.63) is 54.1 Å². The maximum Gasteiger partial charge on any atom is 0.126 e. The summed E-state index contributed by atoms with van der Waals surface area (Å²) in [4.78, 5) is 0. The van der Waals surface area contributed by atoms with Crippen molar-refractivity contribution in [2.75, 3.05) is 13.7 Å². The van der Waals surface area contributed by atoms with Gasteiger partial charge < -0.3 is 10.1 Å². The number of nitrogens with one attached hydrogen (secondary N) is 1. The van der Waals surface area contributed by atoms with Gasteiger partial charge in [-0.3, -0.25) is 0 Å². The van der Waals surface area contributed by atoms with Gasteiger partial charge in [0.25, 0.3) is 0 Å².